The molecule has 2 unspecified atom stereocenters. The highest BCUT2D eigenvalue weighted by molar-refractivity contribution is 9.10. The van der Waals surface area contributed by atoms with Crippen LogP contribution in [0.2, 0.25) is 0 Å². The first-order valence-electron chi connectivity index (χ1n) is 5.85. The smallest absolute Gasteiger partial charge is 0.151 e. The van der Waals surface area contributed by atoms with Crippen molar-refractivity contribution in [1.82, 2.24) is 4.90 Å². The highest BCUT2D eigenvalue weighted by atomic mass is 79.9. The lowest BCUT2D eigenvalue weighted by Gasteiger charge is -2.28. The normalized spacial score (nSPS) is 15.7. The predicted octanol–water partition coefficient (Wildman–Crippen LogP) is 2.70. The number of sulfone groups is 1. The highest BCUT2D eigenvalue weighted by Crippen LogP contribution is 2.16. The molecule has 0 aliphatic carbocycles. The van der Waals surface area contributed by atoms with Crippen LogP contribution in [0, 0.1) is 0 Å². The van der Waals surface area contributed by atoms with Gasteiger partial charge < -0.3 is 0 Å². The quantitative estimate of drug-likeness (QED) is 0.831. The van der Waals surface area contributed by atoms with Gasteiger partial charge in [-0.25, -0.2) is 8.42 Å². The molecule has 0 aliphatic heterocycles. The molecule has 1 aromatic carbocycles. The molecule has 18 heavy (non-hydrogen) atoms. The molecular weight excluding hydrogens is 314 g/mol. The fourth-order valence-corrected chi connectivity index (χ4v) is 3.15. The Balaban J connectivity index is 2.74. The number of nitrogens with zero attached hydrogens (tertiary/aromatic N) is 1. The summed E-state index contributed by atoms with van der Waals surface area (Å²) in [5.74, 6) is 0. The summed E-state index contributed by atoms with van der Waals surface area (Å²) in [4.78, 5) is 2.06. The largest absolute Gasteiger partial charge is 0.298 e. The van der Waals surface area contributed by atoms with E-state index in [2.05, 4.69) is 20.8 Å². The highest BCUT2D eigenvalue weighted by Gasteiger charge is 2.25. The van der Waals surface area contributed by atoms with Crippen LogP contribution in [0.4, 0.5) is 0 Å². The molecule has 0 aromatic heterocycles. The van der Waals surface area contributed by atoms with E-state index in [9.17, 15) is 8.42 Å². The maximum atomic E-state index is 11.5. The molecule has 0 radical (unpaired) electrons. The zero-order valence-corrected chi connectivity index (χ0v) is 13.6. The molecule has 0 bridgehead atoms. The van der Waals surface area contributed by atoms with Crippen LogP contribution in [0.3, 0.4) is 0 Å². The van der Waals surface area contributed by atoms with Crippen molar-refractivity contribution in [2.24, 2.45) is 0 Å². The summed E-state index contributed by atoms with van der Waals surface area (Å²) in [6.07, 6.45) is 1.29. The van der Waals surface area contributed by atoms with Crippen molar-refractivity contribution < 1.29 is 8.42 Å². The second-order valence-electron chi connectivity index (χ2n) is 4.82. The molecule has 0 amide bonds. The molecule has 0 N–H and O–H groups in total. The average Bonchev–Trinajstić information content (AvgIpc) is 2.25. The van der Waals surface area contributed by atoms with Crippen molar-refractivity contribution in [3.63, 3.8) is 0 Å². The molecule has 0 aliphatic rings. The van der Waals surface area contributed by atoms with Crippen LogP contribution in [0.5, 0.6) is 0 Å². The van der Waals surface area contributed by atoms with E-state index in [0.717, 1.165) is 11.0 Å². The summed E-state index contributed by atoms with van der Waals surface area (Å²) < 4.78 is 24.1. The molecule has 1 rings (SSSR count). The van der Waals surface area contributed by atoms with Crippen LogP contribution >= 0.6 is 15.9 Å². The summed E-state index contributed by atoms with van der Waals surface area (Å²) in [5, 5.41) is -0.366. The first-order valence-corrected chi connectivity index (χ1v) is 8.60. The Morgan fingerprint density at radius 2 is 1.94 bits per heavy atom. The van der Waals surface area contributed by atoms with Crippen LogP contribution < -0.4 is 0 Å². The SMILES string of the molecule is CC(C(C)S(C)(=O)=O)N(C)Cc1cccc(Br)c1. The van der Waals surface area contributed by atoms with Gasteiger partial charge in [-0.1, -0.05) is 28.1 Å². The van der Waals surface area contributed by atoms with E-state index < -0.39 is 9.84 Å². The van der Waals surface area contributed by atoms with Gasteiger partial charge in [-0.05, 0) is 38.6 Å². The summed E-state index contributed by atoms with van der Waals surface area (Å²) in [7, 11) is -1.05. The Morgan fingerprint density at radius 1 is 1.33 bits per heavy atom. The van der Waals surface area contributed by atoms with E-state index in [0.29, 0.717) is 0 Å². The van der Waals surface area contributed by atoms with Gasteiger partial charge in [0.05, 0.1) is 5.25 Å². The summed E-state index contributed by atoms with van der Waals surface area (Å²) in [6, 6.07) is 8.04. The van der Waals surface area contributed by atoms with Crippen molar-refractivity contribution in [3.05, 3.63) is 34.3 Å². The van der Waals surface area contributed by atoms with Crippen molar-refractivity contribution >= 4 is 25.8 Å². The Morgan fingerprint density at radius 3 is 2.44 bits per heavy atom. The molecule has 0 saturated heterocycles. The topological polar surface area (TPSA) is 37.4 Å². The van der Waals surface area contributed by atoms with Crippen LogP contribution in [0.15, 0.2) is 28.7 Å². The molecular formula is C13H20BrNO2S. The molecule has 1 aromatic rings. The van der Waals surface area contributed by atoms with Gasteiger partial charge in [0.2, 0.25) is 0 Å². The van der Waals surface area contributed by atoms with Gasteiger partial charge in [-0.15, -0.1) is 0 Å². The predicted molar refractivity (Wildman–Crippen MR) is 79.4 cm³/mol. The third kappa shape index (κ3) is 4.37. The summed E-state index contributed by atoms with van der Waals surface area (Å²) in [5.41, 5.74) is 1.17. The van der Waals surface area contributed by atoms with Gasteiger partial charge in [0, 0.05) is 23.3 Å². The second-order valence-corrected chi connectivity index (χ2v) is 8.14. The number of benzene rings is 1. The van der Waals surface area contributed by atoms with Crippen LogP contribution in [-0.4, -0.2) is 37.9 Å². The molecule has 0 heterocycles. The Kier molecular flexibility index (Phi) is 5.37. The van der Waals surface area contributed by atoms with Gasteiger partial charge >= 0.3 is 0 Å². The number of halogens is 1. The molecule has 3 nitrogen and oxygen atoms in total. The standard InChI is InChI=1S/C13H20BrNO2S/c1-10(11(2)18(4,16)17)15(3)9-12-6-5-7-13(14)8-12/h5-8,10-11H,9H2,1-4H3. The zero-order chi connectivity index (χ0) is 13.9. The van der Waals surface area contributed by atoms with Crippen LogP contribution in [0.1, 0.15) is 19.4 Å². The van der Waals surface area contributed by atoms with E-state index in [4.69, 9.17) is 0 Å². The molecule has 102 valence electrons. The van der Waals surface area contributed by atoms with E-state index in [1.165, 1.54) is 11.8 Å². The third-order valence-electron chi connectivity index (χ3n) is 3.37. The van der Waals surface area contributed by atoms with Crippen molar-refractivity contribution in [1.29, 1.82) is 0 Å². The summed E-state index contributed by atoms with van der Waals surface area (Å²) in [6.45, 7) is 4.45. The number of rotatable bonds is 5. The lowest BCUT2D eigenvalue weighted by molar-refractivity contribution is 0.245. The Bertz CT molecular complexity index is 501. The minimum atomic E-state index is -3.00. The van der Waals surface area contributed by atoms with Gasteiger partial charge in [0.15, 0.2) is 9.84 Å². The lowest BCUT2D eigenvalue weighted by atomic mass is 10.1. The second kappa shape index (κ2) is 6.17. The van der Waals surface area contributed by atoms with Crippen molar-refractivity contribution in [2.45, 2.75) is 31.7 Å². The third-order valence-corrected chi connectivity index (χ3v) is 5.61. The van der Waals surface area contributed by atoms with Crippen LogP contribution in [0.25, 0.3) is 0 Å². The van der Waals surface area contributed by atoms with Crippen molar-refractivity contribution in [3.8, 4) is 0 Å². The fourth-order valence-electron chi connectivity index (χ4n) is 1.78. The van der Waals surface area contributed by atoms with Gasteiger partial charge in [0.1, 0.15) is 0 Å². The molecule has 2 atom stereocenters. The van der Waals surface area contributed by atoms with Gasteiger partial charge in [-0.2, -0.15) is 0 Å². The first kappa shape index (κ1) is 15.7. The monoisotopic (exact) mass is 333 g/mol. The maximum Gasteiger partial charge on any atom is 0.151 e. The van der Waals surface area contributed by atoms with Crippen molar-refractivity contribution in [2.75, 3.05) is 13.3 Å². The molecule has 5 heteroatoms. The number of hydrogen-bond donors (Lipinski definition) is 0. The Labute approximate surface area is 118 Å². The Hall–Kier alpha value is -0.390. The van der Waals surface area contributed by atoms with E-state index in [-0.39, 0.29) is 11.3 Å². The minimum absolute atomic E-state index is 0.0148. The zero-order valence-electron chi connectivity index (χ0n) is 11.2. The van der Waals surface area contributed by atoms with Gasteiger partial charge in [0.25, 0.3) is 0 Å². The first-order chi connectivity index (χ1) is 8.21. The molecule has 0 saturated carbocycles. The van der Waals surface area contributed by atoms with E-state index in [1.54, 1.807) is 6.92 Å². The maximum absolute atomic E-state index is 11.5. The lowest BCUT2D eigenvalue weighted by Crippen LogP contribution is -2.40. The van der Waals surface area contributed by atoms with Crippen LogP contribution in [-0.2, 0) is 16.4 Å². The van der Waals surface area contributed by atoms with E-state index >= 15 is 0 Å². The summed E-state index contributed by atoms with van der Waals surface area (Å²) >= 11 is 3.44. The fraction of sp³-hybridized carbons (Fsp3) is 0.538. The van der Waals surface area contributed by atoms with Gasteiger partial charge in [-0.3, -0.25) is 4.90 Å². The molecule has 0 fully saturated rings. The molecule has 0 spiro atoms. The minimum Gasteiger partial charge on any atom is -0.298 e. The van der Waals surface area contributed by atoms with E-state index in [1.807, 2.05) is 38.2 Å². The number of hydrogen-bond acceptors (Lipinski definition) is 3. The average molecular weight is 334 g/mol.